The maximum Gasteiger partial charge on any atom is 0.508 e. The minimum Gasteiger partial charge on any atom is -0.457 e. The summed E-state index contributed by atoms with van der Waals surface area (Å²) in [4.78, 5) is 46.0. The third kappa shape index (κ3) is 15.1. The van der Waals surface area contributed by atoms with Gasteiger partial charge in [0.05, 0.1) is 29.1 Å². The summed E-state index contributed by atoms with van der Waals surface area (Å²) in [5.74, 6) is -2.04. The standard InChI is InChI=1S/C39H60Cl3NO7SSi/c1-14-19-26(7)35(49-37(46)47-24-39(40,41)42)29(10)36(45)38(12,13)32(50-52(16-3,17-4)18-5)22-33(44)48-34(27(8)20-25(6)15-2)28(9)21-31-23-51-30(11)43-31/h14-15,20-21,23,26-27,29,32,34-35H,1-2,16-19,22,24H2,3-13H3/t26-,27-,29+,32-,34?,35-/m0/s1. The molecule has 6 atom stereocenters. The van der Waals surface area contributed by atoms with E-state index in [2.05, 4.69) is 38.9 Å². The molecule has 0 fully saturated rings. The average Bonchev–Trinajstić information content (AvgIpc) is 3.49. The Kier molecular flexibility index (Phi) is 20.2. The molecule has 0 saturated carbocycles. The topological polar surface area (TPSA) is 101 Å². The third-order valence-corrected chi connectivity index (χ3v) is 15.5. The van der Waals surface area contributed by atoms with Gasteiger partial charge in [-0.1, -0.05) is 121 Å². The second kappa shape index (κ2) is 21.8. The fourth-order valence-corrected chi connectivity index (χ4v) is 10.0. The number of halogens is 3. The molecule has 13 heteroatoms. The van der Waals surface area contributed by atoms with Gasteiger partial charge in [0.2, 0.25) is 3.79 Å². The van der Waals surface area contributed by atoms with E-state index in [-0.39, 0.29) is 24.0 Å². The van der Waals surface area contributed by atoms with Crippen LogP contribution in [0, 0.1) is 30.1 Å². The Hall–Kier alpha value is -1.95. The first-order valence-corrected chi connectivity index (χ1v) is 22.5. The Morgan fingerprint density at radius 3 is 2.10 bits per heavy atom. The highest BCUT2D eigenvalue weighted by Gasteiger charge is 2.48. The highest BCUT2D eigenvalue weighted by Crippen LogP contribution is 2.38. The Morgan fingerprint density at radius 2 is 1.62 bits per heavy atom. The molecule has 0 saturated heterocycles. The quantitative estimate of drug-likeness (QED) is 0.0375. The fourth-order valence-electron chi connectivity index (χ4n) is 6.32. The van der Waals surface area contributed by atoms with Crippen molar-refractivity contribution in [2.75, 3.05) is 6.61 Å². The summed E-state index contributed by atoms with van der Waals surface area (Å²) in [6.45, 7) is 28.4. The summed E-state index contributed by atoms with van der Waals surface area (Å²) in [6, 6.07) is 2.42. The smallest absolute Gasteiger partial charge is 0.457 e. The Balaban J connectivity index is 3.61. The fraction of sp³-hybridized carbons (Fsp3) is 0.641. The molecular formula is C39H60Cl3NO7SSi. The molecule has 0 N–H and O–H groups in total. The maximum atomic E-state index is 14.6. The zero-order valence-electron chi connectivity index (χ0n) is 32.9. The van der Waals surface area contributed by atoms with Crippen LogP contribution in [0.2, 0.25) is 18.1 Å². The molecule has 294 valence electrons. The lowest BCUT2D eigenvalue weighted by atomic mass is 9.73. The van der Waals surface area contributed by atoms with E-state index >= 15 is 0 Å². The Labute approximate surface area is 332 Å². The molecule has 52 heavy (non-hydrogen) atoms. The number of hydrogen-bond acceptors (Lipinski definition) is 9. The van der Waals surface area contributed by atoms with Crippen molar-refractivity contribution in [2.45, 2.75) is 129 Å². The number of allylic oxidation sites excluding steroid dienone is 3. The number of esters is 1. The van der Waals surface area contributed by atoms with Gasteiger partial charge in [-0.05, 0) is 62.9 Å². The van der Waals surface area contributed by atoms with Crippen LogP contribution in [-0.2, 0) is 28.2 Å². The van der Waals surface area contributed by atoms with Crippen molar-refractivity contribution >= 4 is 78.4 Å². The minimum absolute atomic E-state index is 0.157. The number of aromatic nitrogens is 1. The molecule has 0 aliphatic rings. The van der Waals surface area contributed by atoms with Crippen LogP contribution in [0.1, 0.15) is 92.8 Å². The van der Waals surface area contributed by atoms with Crippen molar-refractivity contribution in [3.63, 3.8) is 0 Å². The van der Waals surface area contributed by atoms with E-state index in [4.69, 9.17) is 53.4 Å². The van der Waals surface area contributed by atoms with Crippen LogP contribution < -0.4 is 0 Å². The number of ether oxygens (including phenoxy) is 3. The lowest BCUT2D eigenvalue weighted by molar-refractivity contribution is -0.154. The molecule has 0 aliphatic heterocycles. The molecule has 0 spiro atoms. The van der Waals surface area contributed by atoms with Crippen LogP contribution >= 0.6 is 46.1 Å². The molecular weight excluding hydrogens is 761 g/mol. The number of rotatable bonds is 22. The van der Waals surface area contributed by atoms with Crippen LogP contribution in [0.15, 0.2) is 47.9 Å². The summed E-state index contributed by atoms with van der Waals surface area (Å²) >= 11 is 18.8. The van der Waals surface area contributed by atoms with Crippen LogP contribution in [0.25, 0.3) is 6.08 Å². The van der Waals surface area contributed by atoms with E-state index in [0.717, 1.165) is 40.0 Å². The number of nitrogens with zero attached hydrogens (tertiary/aromatic N) is 1. The van der Waals surface area contributed by atoms with Crippen LogP contribution in [0.3, 0.4) is 0 Å². The molecule has 0 bridgehead atoms. The molecule has 0 amide bonds. The number of alkyl halides is 3. The first-order valence-electron chi connectivity index (χ1n) is 17.9. The van der Waals surface area contributed by atoms with Gasteiger partial charge in [-0.2, -0.15) is 0 Å². The third-order valence-electron chi connectivity index (χ3n) is 9.75. The van der Waals surface area contributed by atoms with Gasteiger partial charge in [0.15, 0.2) is 8.32 Å². The van der Waals surface area contributed by atoms with Crippen LogP contribution in [-0.4, -0.2) is 59.9 Å². The number of aryl methyl sites for hydroxylation is 1. The van der Waals surface area contributed by atoms with E-state index in [1.54, 1.807) is 44.3 Å². The Morgan fingerprint density at radius 1 is 1.02 bits per heavy atom. The molecule has 0 aliphatic carbocycles. The number of hydrogen-bond donors (Lipinski definition) is 0. The van der Waals surface area contributed by atoms with Crippen molar-refractivity contribution in [3.8, 4) is 0 Å². The highest BCUT2D eigenvalue weighted by molar-refractivity contribution is 7.09. The first kappa shape index (κ1) is 48.1. The molecule has 1 rings (SSSR count). The normalized spacial score (nSPS) is 16.6. The predicted molar refractivity (Wildman–Crippen MR) is 219 cm³/mol. The van der Waals surface area contributed by atoms with Crippen molar-refractivity contribution < 1.29 is 33.0 Å². The number of ketones is 1. The lowest BCUT2D eigenvalue weighted by Crippen LogP contribution is -2.52. The number of carbonyl (C=O) groups is 3. The molecule has 1 unspecified atom stereocenters. The van der Waals surface area contributed by atoms with E-state index in [9.17, 15) is 14.4 Å². The van der Waals surface area contributed by atoms with Gasteiger partial charge in [-0.15, -0.1) is 17.9 Å². The van der Waals surface area contributed by atoms with Crippen LogP contribution in [0.4, 0.5) is 4.79 Å². The summed E-state index contributed by atoms with van der Waals surface area (Å²) < 4.78 is 22.2. The molecule has 0 aromatic carbocycles. The zero-order valence-corrected chi connectivity index (χ0v) is 36.9. The van der Waals surface area contributed by atoms with E-state index in [1.165, 1.54) is 0 Å². The SMILES string of the molecule is C=CC[C@H](C)[C@H](OC(=O)OCC(Cl)(Cl)Cl)[C@@H](C)C(=O)C(C)(C)[C@H](CC(=O)OC(C(C)=Cc1csc(C)n1)[C@@H](C)C=C(C)C=C)O[Si](CC)(CC)CC. The molecule has 8 nitrogen and oxygen atoms in total. The van der Waals surface area contributed by atoms with Crippen molar-refractivity contribution in [1.29, 1.82) is 0 Å². The van der Waals surface area contributed by atoms with Gasteiger partial charge in [0.1, 0.15) is 24.6 Å². The molecule has 1 heterocycles. The number of carbonyl (C=O) groups excluding carboxylic acids is 3. The Bertz CT molecular complexity index is 1410. The highest BCUT2D eigenvalue weighted by atomic mass is 35.6. The first-order chi connectivity index (χ1) is 24.1. The summed E-state index contributed by atoms with van der Waals surface area (Å²) in [5.41, 5.74) is 1.38. The second-order valence-corrected chi connectivity index (χ2v) is 22.5. The largest absolute Gasteiger partial charge is 0.508 e. The van der Waals surface area contributed by atoms with Crippen molar-refractivity contribution in [1.82, 2.24) is 4.98 Å². The van der Waals surface area contributed by atoms with Gasteiger partial charge < -0.3 is 18.6 Å². The lowest BCUT2D eigenvalue weighted by Gasteiger charge is -2.42. The van der Waals surface area contributed by atoms with Crippen molar-refractivity contribution in [3.05, 3.63) is 58.6 Å². The molecule has 0 radical (unpaired) electrons. The average molecular weight is 821 g/mol. The van der Waals surface area contributed by atoms with Gasteiger partial charge in [-0.3, -0.25) is 9.59 Å². The van der Waals surface area contributed by atoms with E-state index in [0.29, 0.717) is 6.42 Å². The van der Waals surface area contributed by atoms with Gasteiger partial charge >= 0.3 is 12.1 Å². The minimum atomic E-state index is -2.37. The van der Waals surface area contributed by atoms with E-state index < -0.39 is 60.5 Å². The van der Waals surface area contributed by atoms with Gasteiger partial charge in [0.25, 0.3) is 0 Å². The number of Topliss-reactive ketones (excluding diaryl/α,β-unsaturated/α-hetero) is 1. The monoisotopic (exact) mass is 819 g/mol. The van der Waals surface area contributed by atoms with Crippen molar-refractivity contribution in [2.24, 2.45) is 23.2 Å². The van der Waals surface area contributed by atoms with Gasteiger partial charge in [0, 0.05) is 16.7 Å². The molecule has 1 aromatic heterocycles. The number of thiazole rings is 1. The summed E-state index contributed by atoms with van der Waals surface area (Å²) in [6.07, 6.45) is 4.31. The van der Waals surface area contributed by atoms with Gasteiger partial charge in [-0.25, -0.2) is 9.78 Å². The van der Waals surface area contributed by atoms with Crippen LogP contribution in [0.5, 0.6) is 0 Å². The molecule has 1 aromatic rings. The predicted octanol–water partition coefficient (Wildman–Crippen LogP) is 11.7. The summed E-state index contributed by atoms with van der Waals surface area (Å²) in [5, 5.41) is 2.90. The maximum absolute atomic E-state index is 14.6. The zero-order chi connectivity index (χ0) is 40.0. The van der Waals surface area contributed by atoms with E-state index in [1.807, 2.05) is 52.2 Å². The second-order valence-electron chi connectivity index (χ2n) is 14.2. The summed E-state index contributed by atoms with van der Waals surface area (Å²) in [7, 11) is -2.37.